The lowest BCUT2D eigenvalue weighted by Gasteiger charge is -2.06. The zero-order valence-corrected chi connectivity index (χ0v) is 12.0. The minimum Gasteiger partial charge on any atom is -0.326 e. The van der Waals surface area contributed by atoms with Crippen molar-refractivity contribution >= 4 is 27.7 Å². The molecule has 1 nitrogen and oxygen atoms in total. The number of benzene rings is 2. The van der Waals surface area contributed by atoms with Gasteiger partial charge in [0.15, 0.2) is 0 Å². The molecule has 0 spiro atoms. The van der Waals surface area contributed by atoms with Gasteiger partial charge in [0.25, 0.3) is 0 Å². The van der Waals surface area contributed by atoms with Gasteiger partial charge in [0.05, 0.1) is 0 Å². The van der Waals surface area contributed by atoms with E-state index in [-0.39, 0.29) is 0 Å². The molecule has 3 heteroatoms. The topological polar surface area (TPSA) is 26.0 Å². The van der Waals surface area contributed by atoms with E-state index in [0.29, 0.717) is 6.54 Å². The van der Waals surface area contributed by atoms with Gasteiger partial charge < -0.3 is 5.73 Å². The van der Waals surface area contributed by atoms with E-state index >= 15 is 0 Å². The smallest absolute Gasteiger partial charge is 0.0318 e. The van der Waals surface area contributed by atoms with Gasteiger partial charge in [0.1, 0.15) is 0 Å². The highest BCUT2D eigenvalue weighted by atomic mass is 79.9. The summed E-state index contributed by atoms with van der Waals surface area (Å²) in [5.74, 6) is 0. The summed E-state index contributed by atoms with van der Waals surface area (Å²) < 4.78 is 1.10. The number of hydrogen-bond donors (Lipinski definition) is 1. The summed E-state index contributed by atoms with van der Waals surface area (Å²) >= 11 is 5.34. The fourth-order valence-corrected chi connectivity index (χ4v) is 2.97. The Morgan fingerprint density at radius 3 is 2.41 bits per heavy atom. The van der Waals surface area contributed by atoms with E-state index in [9.17, 15) is 0 Å². The highest BCUT2D eigenvalue weighted by molar-refractivity contribution is 9.10. The predicted octanol–water partition coefficient (Wildman–Crippen LogP) is 4.37. The molecule has 0 bridgehead atoms. The number of nitrogens with two attached hydrogens (primary N) is 1. The average molecular weight is 308 g/mol. The molecule has 2 aromatic rings. The molecule has 0 aliphatic rings. The maximum absolute atomic E-state index is 5.61. The van der Waals surface area contributed by atoms with Crippen molar-refractivity contribution < 1.29 is 0 Å². The van der Waals surface area contributed by atoms with Crippen molar-refractivity contribution in [2.24, 2.45) is 5.73 Å². The Labute approximate surface area is 115 Å². The Hall–Kier alpha value is -0.770. The van der Waals surface area contributed by atoms with Crippen molar-refractivity contribution in [1.82, 2.24) is 0 Å². The zero-order chi connectivity index (χ0) is 12.3. The molecule has 0 atom stereocenters. The van der Waals surface area contributed by atoms with Crippen LogP contribution < -0.4 is 5.73 Å². The summed E-state index contributed by atoms with van der Waals surface area (Å²) in [7, 11) is 0. The number of hydrogen-bond acceptors (Lipinski definition) is 2. The van der Waals surface area contributed by atoms with Gasteiger partial charge in [0, 0.05) is 20.8 Å². The largest absolute Gasteiger partial charge is 0.326 e. The van der Waals surface area contributed by atoms with Crippen molar-refractivity contribution in [3.8, 4) is 0 Å². The second-order valence-corrected chi connectivity index (χ2v) is 5.85. The second kappa shape index (κ2) is 5.71. The third kappa shape index (κ3) is 3.35. The van der Waals surface area contributed by atoms with Crippen LogP contribution in [0, 0.1) is 6.92 Å². The van der Waals surface area contributed by atoms with Crippen LogP contribution in [0.5, 0.6) is 0 Å². The molecule has 0 saturated carbocycles. The Kier molecular flexibility index (Phi) is 4.26. The van der Waals surface area contributed by atoms with Crippen molar-refractivity contribution in [3.05, 3.63) is 58.1 Å². The first-order valence-electron chi connectivity index (χ1n) is 5.42. The molecule has 0 fully saturated rings. The van der Waals surface area contributed by atoms with Gasteiger partial charge in [-0.1, -0.05) is 35.5 Å². The molecule has 0 heterocycles. The minimum absolute atomic E-state index is 0.577. The van der Waals surface area contributed by atoms with E-state index < -0.39 is 0 Å². The lowest BCUT2D eigenvalue weighted by Crippen LogP contribution is -1.95. The third-order valence-corrected chi connectivity index (χ3v) is 4.48. The predicted molar refractivity (Wildman–Crippen MR) is 77.3 cm³/mol. The molecular weight excluding hydrogens is 294 g/mol. The second-order valence-electron chi connectivity index (χ2n) is 3.88. The monoisotopic (exact) mass is 307 g/mol. The van der Waals surface area contributed by atoms with Gasteiger partial charge in [-0.3, -0.25) is 0 Å². The van der Waals surface area contributed by atoms with Gasteiger partial charge in [-0.05, 0) is 52.7 Å². The molecule has 0 unspecified atom stereocenters. The summed E-state index contributed by atoms with van der Waals surface area (Å²) in [6.45, 7) is 2.68. The summed E-state index contributed by atoms with van der Waals surface area (Å²) in [6, 6.07) is 14.8. The van der Waals surface area contributed by atoms with E-state index in [1.165, 1.54) is 15.4 Å². The molecule has 2 rings (SSSR count). The molecule has 0 amide bonds. The molecular formula is C14H14BrNS. The van der Waals surface area contributed by atoms with Gasteiger partial charge in [-0.15, -0.1) is 0 Å². The van der Waals surface area contributed by atoms with Crippen LogP contribution >= 0.6 is 27.7 Å². The molecule has 2 N–H and O–H groups in total. The number of halogens is 1. The lowest BCUT2D eigenvalue weighted by molar-refractivity contribution is 1.06. The van der Waals surface area contributed by atoms with Gasteiger partial charge in [0.2, 0.25) is 0 Å². The van der Waals surface area contributed by atoms with Crippen molar-refractivity contribution in [3.63, 3.8) is 0 Å². The van der Waals surface area contributed by atoms with Crippen molar-refractivity contribution in [2.45, 2.75) is 23.3 Å². The Balaban J connectivity index is 2.21. The fraction of sp³-hybridized carbons (Fsp3) is 0.143. The molecule has 17 heavy (non-hydrogen) atoms. The maximum atomic E-state index is 5.61. The number of aryl methyl sites for hydroxylation is 1. The van der Waals surface area contributed by atoms with E-state index in [4.69, 9.17) is 5.73 Å². The SMILES string of the molecule is Cc1ccc(Sc2ccc(CN)cc2Br)cc1. The molecule has 2 aromatic carbocycles. The Bertz CT molecular complexity index is 508. The first-order valence-corrected chi connectivity index (χ1v) is 7.03. The highest BCUT2D eigenvalue weighted by Gasteiger charge is 2.03. The van der Waals surface area contributed by atoms with Crippen LogP contribution in [0.1, 0.15) is 11.1 Å². The summed E-state index contributed by atoms with van der Waals surface area (Å²) in [4.78, 5) is 2.46. The van der Waals surface area contributed by atoms with Crippen LogP contribution in [0.25, 0.3) is 0 Å². The van der Waals surface area contributed by atoms with E-state index in [2.05, 4.69) is 65.3 Å². The van der Waals surface area contributed by atoms with Gasteiger partial charge >= 0.3 is 0 Å². The third-order valence-electron chi connectivity index (χ3n) is 2.48. The average Bonchev–Trinajstić information content (AvgIpc) is 2.34. The van der Waals surface area contributed by atoms with E-state index in [0.717, 1.165) is 10.0 Å². The zero-order valence-electron chi connectivity index (χ0n) is 9.61. The fourth-order valence-electron chi connectivity index (χ4n) is 1.49. The number of rotatable bonds is 3. The first kappa shape index (κ1) is 12.7. The molecule has 0 aliphatic heterocycles. The highest BCUT2D eigenvalue weighted by Crippen LogP contribution is 2.34. The minimum atomic E-state index is 0.577. The van der Waals surface area contributed by atoms with E-state index in [1.54, 1.807) is 11.8 Å². The quantitative estimate of drug-likeness (QED) is 0.911. The first-order chi connectivity index (χ1) is 8.19. The van der Waals surface area contributed by atoms with Crippen LogP contribution in [-0.4, -0.2) is 0 Å². The molecule has 0 aliphatic carbocycles. The Morgan fingerprint density at radius 2 is 1.82 bits per heavy atom. The summed E-state index contributed by atoms with van der Waals surface area (Å²) in [5.41, 5.74) is 8.04. The molecule has 0 radical (unpaired) electrons. The molecule has 0 aromatic heterocycles. The summed E-state index contributed by atoms with van der Waals surface area (Å²) in [6.07, 6.45) is 0. The Morgan fingerprint density at radius 1 is 1.12 bits per heavy atom. The van der Waals surface area contributed by atoms with Crippen LogP contribution in [0.3, 0.4) is 0 Å². The maximum Gasteiger partial charge on any atom is 0.0318 e. The van der Waals surface area contributed by atoms with E-state index in [1.807, 2.05) is 0 Å². The molecule has 0 saturated heterocycles. The van der Waals surface area contributed by atoms with Crippen LogP contribution in [0.4, 0.5) is 0 Å². The van der Waals surface area contributed by atoms with Gasteiger partial charge in [-0.25, -0.2) is 0 Å². The lowest BCUT2D eigenvalue weighted by atomic mass is 10.2. The van der Waals surface area contributed by atoms with Crippen LogP contribution in [-0.2, 0) is 6.54 Å². The van der Waals surface area contributed by atoms with Crippen LogP contribution in [0.15, 0.2) is 56.7 Å². The summed E-state index contributed by atoms with van der Waals surface area (Å²) in [5, 5.41) is 0. The molecule has 88 valence electrons. The van der Waals surface area contributed by atoms with Crippen molar-refractivity contribution in [2.75, 3.05) is 0 Å². The van der Waals surface area contributed by atoms with Crippen LogP contribution in [0.2, 0.25) is 0 Å². The normalized spacial score (nSPS) is 10.5. The van der Waals surface area contributed by atoms with Gasteiger partial charge in [-0.2, -0.15) is 0 Å². The van der Waals surface area contributed by atoms with Crippen molar-refractivity contribution in [1.29, 1.82) is 0 Å². The standard InChI is InChI=1S/C14H14BrNS/c1-10-2-5-12(6-3-10)17-14-7-4-11(9-16)8-13(14)15/h2-8H,9,16H2,1H3.